The standard InChI is InChI=1S/C4F12P/c5-2(6,7)1(3(8,9)10,4(11,12)13)17(14,15)16/q+1. The van der Waals surface area contributed by atoms with E-state index >= 15 is 0 Å². The lowest BCUT2D eigenvalue weighted by Crippen LogP contribution is -2.65. The van der Waals surface area contributed by atoms with Crippen LogP contribution in [0.2, 0.25) is 0 Å². The monoisotopic (exact) mass is 307 g/mol. The van der Waals surface area contributed by atoms with Crippen molar-refractivity contribution in [3.05, 3.63) is 0 Å². The smallest absolute Gasteiger partial charge is 0.165 e. The zero-order valence-electron chi connectivity index (χ0n) is 6.98. The summed E-state index contributed by atoms with van der Waals surface area (Å²) in [4.78, 5) is 0. The summed E-state index contributed by atoms with van der Waals surface area (Å²) in [5, 5.41) is -7.64. The first-order chi connectivity index (χ1) is 7.00. The predicted molar refractivity (Wildman–Crippen MR) is 31.1 cm³/mol. The van der Waals surface area contributed by atoms with Gasteiger partial charge in [-0.25, -0.2) is 0 Å². The van der Waals surface area contributed by atoms with Gasteiger partial charge in [0.25, 0.3) is 0 Å². The van der Waals surface area contributed by atoms with Crippen molar-refractivity contribution in [2.45, 2.75) is 23.7 Å². The SMILES string of the molecule is FC(F)(F)C(C(F)(F)F)(C(F)(F)F)[P+](F)(F)F. The van der Waals surface area contributed by atoms with Crippen molar-refractivity contribution in [2.24, 2.45) is 0 Å². The molecule has 0 aliphatic rings. The summed E-state index contributed by atoms with van der Waals surface area (Å²) in [7, 11) is -8.90. The van der Waals surface area contributed by atoms with Gasteiger partial charge in [-0.2, -0.15) is 39.5 Å². The Bertz CT molecular complexity index is 211. The topological polar surface area (TPSA) is 0 Å². The highest BCUT2D eigenvalue weighted by Crippen LogP contribution is 2.84. The molecule has 0 aromatic heterocycles. The van der Waals surface area contributed by atoms with Crippen LogP contribution in [0.1, 0.15) is 0 Å². The molecule has 0 heterocycles. The van der Waals surface area contributed by atoms with Crippen LogP contribution in [0.15, 0.2) is 0 Å². The van der Waals surface area contributed by atoms with E-state index in [-0.39, 0.29) is 0 Å². The van der Waals surface area contributed by atoms with Crippen molar-refractivity contribution < 1.29 is 52.1 Å². The molecule has 0 amide bonds. The molecule has 0 spiro atoms. The third-order valence-corrected chi connectivity index (χ3v) is 3.13. The molecular weight excluding hydrogens is 307 g/mol. The molecule has 0 N–H and O–H groups in total. The van der Waals surface area contributed by atoms with Crippen LogP contribution in [0.3, 0.4) is 0 Å². The zero-order valence-corrected chi connectivity index (χ0v) is 7.88. The van der Waals surface area contributed by atoms with Gasteiger partial charge in [-0.15, -0.1) is 0 Å². The van der Waals surface area contributed by atoms with Gasteiger partial charge in [0.05, 0.1) is 0 Å². The van der Waals surface area contributed by atoms with E-state index in [0.29, 0.717) is 0 Å². The fourth-order valence-electron chi connectivity index (χ4n) is 0.913. The fourth-order valence-corrected chi connectivity index (χ4v) is 1.78. The Morgan fingerprint density at radius 1 is 0.471 bits per heavy atom. The minimum Gasteiger partial charge on any atom is -0.165 e. The van der Waals surface area contributed by atoms with Crippen LogP contribution < -0.4 is 0 Å². The van der Waals surface area contributed by atoms with Crippen LogP contribution in [0.4, 0.5) is 52.1 Å². The number of rotatable bonds is 1. The van der Waals surface area contributed by atoms with Gasteiger partial charge < -0.3 is 0 Å². The highest BCUT2D eigenvalue weighted by molar-refractivity contribution is 7.62. The lowest BCUT2D eigenvalue weighted by molar-refractivity contribution is -0.352. The van der Waals surface area contributed by atoms with Crippen LogP contribution >= 0.6 is 8.19 Å². The highest BCUT2D eigenvalue weighted by Gasteiger charge is 3.02. The average Bonchev–Trinajstić information content (AvgIpc) is 1.67. The second kappa shape index (κ2) is 3.79. The van der Waals surface area contributed by atoms with Crippen LogP contribution in [-0.2, 0) is 0 Å². The molecule has 0 aliphatic carbocycles. The summed E-state index contributed by atoms with van der Waals surface area (Å²) < 4.78 is 141. The van der Waals surface area contributed by atoms with Crippen LogP contribution in [0, 0.1) is 0 Å². The largest absolute Gasteiger partial charge is 0.603 e. The Labute approximate surface area is 85.3 Å². The first-order valence-corrected chi connectivity index (χ1v) is 4.64. The molecule has 0 atom stereocenters. The maximum Gasteiger partial charge on any atom is 0.603 e. The van der Waals surface area contributed by atoms with E-state index in [2.05, 4.69) is 0 Å². The summed E-state index contributed by atoms with van der Waals surface area (Å²) in [6.45, 7) is 0. The van der Waals surface area contributed by atoms with Crippen LogP contribution in [0.5, 0.6) is 0 Å². The molecule has 0 aliphatic heterocycles. The Balaban J connectivity index is 6.37. The van der Waals surface area contributed by atoms with E-state index in [1.807, 2.05) is 0 Å². The molecule has 13 heteroatoms. The minimum absolute atomic E-state index is 7.56. The van der Waals surface area contributed by atoms with Crippen LogP contribution in [0.25, 0.3) is 0 Å². The molecule has 0 nitrogen and oxygen atoms in total. The number of hydrogen-bond donors (Lipinski definition) is 0. The number of halogens is 12. The van der Waals surface area contributed by atoms with Crippen molar-refractivity contribution >= 4 is 8.19 Å². The summed E-state index contributed by atoms with van der Waals surface area (Å²) in [6.07, 6.45) is -22.7. The van der Waals surface area contributed by atoms with Gasteiger partial charge in [0.15, 0.2) is 0 Å². The summed E-state index contributed by atoms with van der Waals surface area (Å²) in [5.41, 5.74) is 0. The minimum atomic E-state index is -8.90. The molecule has 0 aromatic carbocycles. The molecule has 17 heavy (non-hydrogen) atoms. The molecule has 104 valence electrons. The van der Waals surface area contributed by atoms with Gasteiger partial charge in [0, 0.05) is 12.6 Å². The summed E-state index contributed by atoms with van der Waals surface area (Å²) in [5.74, 6) is 0. The number of alkyl halides is 9. The van der Waals surface area contributed by atoms with Crippen molar-refractivity contribution in [1.29, 1.82) is 0 Å². The Kier molecular flexibility index (Phi) is 3.70. The molecule has 0 saturated heterocycles. The molecule has 0 aromatic rings. The predicted octanol–water partition coefficient (Wildman–Crippen LogP) is 5.08. The Morgan fingerprint density at radius 2 is 0.647 bits per heavy atom. The van der Waals surface area contributed by atoms with Gasteiger partial charge in [0.2, 0.25) is 0 Å². The van der Waals surface area contributed by atoms with E-state index in [1.54, 1.807) is 0 Å². The molecule has 0 bridgehead atoms. The fraction of sp³-hybridized carbons (Fsp3) is 1.00. The third-order valence-electron chi connectivity index (χ3n) is 1.61. The summed E-state index contributed by atoms with van der Waals surface area (Å²) >= 11 is 0. The highest BCUT2D eigenvalue weighted by atomic mass is 31.3. The van der Waals surface area contributed by atoms with Crippen molar-refractivity contribution in [2.75, 3.05) is 0 Å². The third kappa shape index (κ3) is 2.27. The van der Waals surface area contributed by atoms with E-state index in [0.717, 1.165) is 0 Å². The van der Waals surface area contributed by atoms with E-state index in [9.17, 15) is 52.1 Å². The van der Waals surface area contributed by atoms with Gasteiger partial charge >= 0.3 is 31.9 Å². The van der Waals surface area contributed by atoms with E-state index in [4.69, 9.17) is 0 Å². The molecule has 0 fully saturated rings. The quantitative estimate of drug-likeness (QED) is 0.468. The van der Waals surface area contributed by atoms with Crippen molar-refractivity contribution in [3.63, 3.8) is 0 Å². The first-order valence-electron chi connectivity index (χ1n) is 3.18. The van der Waals surface area contributed by atoms with Gasteiger partial charge in [-0.1, -0.05) is 0 Å². The second-order valence-electron chi connectivity index (χ2n) is 2.65. The van der Waals surface area contributed by atoms with Crippen molar-refractivity contribution in [1.82, 2.24) is 0 Å². The average molecular weight is 307 g/mol. The second-order valence-corrected chi connectivity index (χ2v) is 4.21. The lowest BCUT2D eigenvalue weighted by atomic mass is 10.1. The number of hydrogen-bond acceptors (Lipinski definition) is 0. The molecule has 0 unspecified atom stereocenters. The van der Waals surface area contributed by atoms with E-state index < -0.39 is 31.9 Å². The summed E-state index contributed by atoms with van der Waals surface area (Å²) in [6, 6.07) is 0. The molecule has 0 rings (SSSR count). The molecular formula is C4F12P+. The molecule has 0 saturated carbocycles. The Hall–Kier alpha value is -0.410. The van der Waals surface area contributed by atoms with Crippen molar-refractivity contribution in [3.8, 4) is 0 Å². The first kappa shape index (κ1) is 16.6. The maximum atomic E-state index is 11.8. The van der Waals surface area contributed by atoms with Gasteiger partial charge in [-0.3, -0.25) is 0 Å². The Morgan fingerprint density at radius 3 is 0.647 bits per heavy atom. The molecule has 0 radical (unpaired) electrons. The normalized spacial score (nSPS) is 16.2. The lowest BCUT2D eigenvalue weighted by Gasteiger charge is -2.32. The van der Waals surface area contributed by atoms with E-state index in [1.165, 1.54) is 0 Å². The maximum absolute atomic E-state index is 11.8. The van der Waals surface area contributed by atoms with Gasteiger partial charge in [0.1, 0.15) is 0 Å². The van der Waals surface area contributed by atoms with Gasteiger partial charge in [-0.05, 0) is 0 Å². The zero-order chi connectivity index (χ0) is 14.5. The van der Waals surface area contributed by atoms with Crippen LogP contribution in [-0.4, -0.2) is 23.7 Å².